The summed E-state index contributed by atoms with van der Waals surface area (Å²) in [4.78, 5) is 78.7. The van der Waals surface area contributed by atoms with Gasteiger partial charge in [0.2, 0.25) is 0 Å². The number of ether oxygens (including phenoxy) is 1. The van der Waals surface area contributed by atoms with Gasteiger partial charge in [0.15, 0.2) is 11.6 Å². The zero-order chi connectivity index (χ0) is 79.9. The van der Waals surface area contributed by atoms with Crippen molar-refractivity contribution in [1.29, 1.82) is 0 Å². The number of nitrogens with zero attached hydrogens (tertiary/aromatic N) is 14. The Morgan fingerprint density at radius 3 is 1.40 bits per heavy atom. The van der Waals surface area contributed by atoms with Crippen LogP contribution >= 0.6 is 22.8 Å². The van der Waals surface area contributed by atoms with Crippen molar-refractivity contribution in [2.45, 2.75) is 171 Å². The molecule has 3 aliphatic carbocycles. The van der Waals surface area contributed by atoms with Crippen molar-refractivity contribution in [3.05, 3.63) is 191 Å². The number of benzene rings is 3. The van der Waals surface area contributed by atoms with Gasteiger partial charge in [-0.2, -0.15) is 0 Å². The molecule has 10 aromatic rings. The number of imidazole rings is 3. The maximum absolute atomic E-state index is 14.9. The molecule has 7 heterocycles. The van der Waals surface area contributed by atoms with E-state index < -0.39 is 63.6 Å². The fourth-order valence-corrected chi connectivity index (χ4v) is 18.3. The molecule has 3 atom stereocenters. The van der Waals surface area contributed by atoms with Crippen LogP contribution in [0.1, 0.15) is 215 Å². The van der Waals surface area contributed by atoms with E-state index in [1.54, 1.807) is 113 Å². The third-order valence-corrected chi connectivity index (χ3v) is 24.7. The molecule has 0 bridgehead atoms. The molecular formula is C75H92F3N16O13P3. The standard InChI is InChI=1S/C24H24FN7O.C23H34FN2O8P3.C14H13FN2O2.C10H13N5.C4H8O2/c1-14(2)32-13-27-30-23(32)19-5-4-6-22(28-19)29-24(33)17-10-21(15(3)9-18(17)25)31-11-20(26-12-31)16-7-8-16;1-5-10-35(28,29)33-37(31,12-7-3)34-36(30,11-6-2)32-23(27)19-14-22(17(4)13-20(19)24)26-15-21(25-16-26)18-8-9-18;1-8-4-11(15)10(14(18)19)5-13(8)17-6-12(16-7-17)9-2-3-9;1-7(2)15-6-12-14-10(15)8-4-3-5-9(11)13-8;1-3-6-4(2)5/h4-6,9-14,16H,7-8H2,1-3H3,(H,28,29,33);13-16,18H,5-12H2,1-4H3,(H,28,29);4-7,9H,2-3H2,1H3,(H,18,19);3-7H,1-2H3,(H2,11,13);3H2,1-2H3. The Kier molecular flexibility index (Phi) is 28.3. The summed E-state index contributed by atoms with van der Waals surface area (Å²) in [5.41, 5.74) is 12.8. The van der Waals surface area contributed by atoms with Crippen LogP contribution in [0.15, 0.2) is 123 Å². The third-order valence-electron chi connectivity index (χ3n) is 17.2. The molecular weight excluding hydrogens is 1480 g/mol. The van der Waals surface area contributed by atoms with Gasteiger partial charge in [0, 0.05) is 55.4 Å². The molecule has 3 unspecified atom stereocenters. The number of carboxylic acid groups (broad SMARTS) is 1. The summed E-state index contributed by atoms with van der Waals surface area (Å²) in [5, 5.41) is 27.7. The summed E-state index contributed by atoms with van der Waals surface area (Å²) in [6, 6.07) is 19.1. The summed E-state index contributed by atoms with van der Waals surface area (Å²) in [7, 11) is -13.2. The second-order valence-corrected chi connectivity index (χ2v) is 33.8. The zero-order valence-electron chi connectivity index (χ0n) is 63.3. The highest BCUT2D eigenvalue weighted by molar-refractivity contribution is 7.72. The van der Waals surface area contributed by atoms with Gasteiger partial charge < -0.3 is 53.1 Å². The predicted octanol–water partition coefficient (Wildman–Crippen LogP) is 16.8. The van der Waals surface area contributed by atoms with Gasteiger partial charge in [0.25, 0.3) is 5.91 Å². The first-order chi connectivity index (χ1) is 52.3. The van der Waals surface area contributed by atoms with Crippen molar-refractivity contribution in [2.75, 3.05) is 36.1 Å². The number of hydrogen-bond acceptors (Lipinski definition) is 21. The largest absolute Gasteiger partial charge is 0.478 e. The summed E-state index contributed by atoms with van der Waals surface area (Å²) in [6.07, 6.45) is 20.4. The minimum absolute atomic E-state index is 0.0603. The highest BCUT2D eigenvalue weighted by Crippen LogP contribution is 2.71. The SMILES string of the molecule is CC(C)n1cnnc1-c1cccc(N)n1.CCCP(=O)(O)OP(=O)(CCC)OP(=O)(CCC)OC(=O)c1cc(-n2cnc(C3CC3)c2)c(C)cc1F.CCOC(C)=O.Cc1cc(F)c(C(=O)Nc2cccc(-c3nncn3C(C)C)n2)cc1-n1cnc(C2CC2)c1.Cc1cc(F)c(C(=O)O)cc1-n1cnc(C2CC2)c1. The Bertz CT molecular complexity index is 5070. The van der Waals surface area contributed by atoms with Gasteiger partial charge in [-0.25, -0.2) is 60.9 Å². The smallest absolute Gasteiger partial charge is 0.388 e. The maximum atomic E-state index is 14.9. The number of carbonyl (C=O) groups is 4. The number of halogens is 3. The van der Waals surface area contributed by atoms with Gasteiger partial charge >= 0.3 is 40.7 Å². The number of pyridine rings is 2. The first-order valence-corrected chi connectivity index (χ1v) is 41.3. The molecule has 0 aliphatic heterocycles. The van der Waals surface area contributed by atoms with Crippen LogP contribution in [0.5, 0.6) is 0 Å². The number of esters is 1. The maximum Gasteiger partial charge on any atom is 0.388 e. The number of hydrogen-bond donors (Lipinski definition) is 4. The van der Waals surface area contributed by atoms with E-state index in [9.17, 15) is 50.9 Å². The number of carboxylic acids is 1. The van der Waals surface area contributed by atoms with Gasteiger partial charge in [-0.15, -0.1) is 20.4 Å². The van der Waals surface area contributed by atoms with E-state index in [-0.39, 0.29) is 60.9 Å². The fourth-order valence-electron chi connectivity index (χ4n) is 11.3. The Morgan fingerprint density at radius 2 is 0.991 bits per heavy atom. The summed E-state index contributed by atoms with van der Waals surface area (Å²) < 4.78 is 111. The molecule has 7 aromatic heterocycles. The number of aromatic nitrogens is 14. The summed E-state index contributed by atoms with van der Waals surface area (Å²) >= 11 is 0. The Morgan fingerprint density at radius 1 is 0.573 bits per heavy atom. The number of nitrogens with one attached hydrogen (secondary N) is 1. The van der Waals surface area contributed by atoms with Gasteiger partial charge in [0.05, 0.1) is 94.9 Å². The summed E-state index contributed by atoms with van der Waals surface area (Å²) in [6.45, 7) is 22.0. The quantitative estimate of drug-likeness (QED) is 0.0289. The monoisotopic (exact) mass is 1570 g/mol. The molecule has 0 saturated heterocycles. The Balaban J connectivity index is 0.000000173. The number of aromatic carboxylic acids is 1. The average Bonchev–Trinajstić information content (AvgIpc) is 1.46. The zero-order valence-corrected chi connectivity index (χ0v) is 66.0. The molecule has 3 aromatic carbocycles. The van der Waals surface area contributed by atoms with Crippen molar-refractivity contribution in [3.8, 4) is 40.1 Å². The van der Waals surface area contributed by atoms with Crippen molar-refractivity contribution < 1.29 is 73.9 Å². The van der Waals surface area contributed by atoms with E-state index in [0.29, 0.717) is 81.7 Å². The van der Waals surface area contributed by atoms with Crippen LogP contribution in [0, 0.1) is 38.2 Å². The lowest BCUT2D eigenvalue weighted by Gasteiger charge is -2.25. The van der Waals surface area contributed by atoms with Crippen molar-refractivity contribution in [1.82, 2.24) is 68.2 Å². The van der Waals surface area contributed by atoms with E-state index in [0.717, 1.165) is 78.8 Å². The van der Waals surface area contributed by atoms with Crippen molar-refractivity contribution in [2.24, 2.45) is 0 Å². The average molecular weight is 1580 g/mol. The molecule has 3 aliphatic rings. The van der Waals surface area contributed by atoms with E-state index in [1.807, 2.05) is 65.2 Å². The van der Waals surface area contributed by atoms with Gasteiger partial charge in [-0.3, -0.25) is 18.7 Å². The van der Waals surface area contributed by atoms with E-state index >= 15 is 0 Å². The van der Waals surface area contributed by atoms with E-state index in [1.165, 1.54) is 31.2 Å². The molecule has 1 amide bonds. The third kappa shape index (κ3) is 22.6. The van der Waals surface area contributed by atoms with Gasteiger partial charge in [0.1, 0.15) is 53.1 Å². The second-order valence-electron chi connectivity index (χ2n) is 27.2. The highest BCUT2D eigenvalue weighted by Gasteiger charge is 2.43. The number of rotatable bonds is 26. The molecule has 13 rings (SSSR count). The molecule has 586 valence electrons. The van der Waals surface area contributed by atoms with Crippen LogP contribution in [0.25, 0.3) is 40.1 Å². The van der Waals surface area contributed by atoms with E-state index in [2.05, 4.69) is 69.2 Å². The topological polar surface area (TPSA) is 376 Å². The van der Waals surface area contributed by atoms with Crippen LogP contribution in [-0.2, 0) is 36.4 Å². The van der Waals surface area contributed by atoms with Crippen LogP contribution < -0.4 is 11.1 Å². The second kappa shape index (κ2) is 37.1. The molecule has 35 heteroatoms. The first-order valence-electron chi connectivity index (χ1n) is 36.1. The lowest BCUT2D eigenvalue weighted by molar-refractivity contribution is -0.140. The summed E-state index contributed by atoms with van der Waals surface area (Å²) in [5.74, 6) is -1.95. The normalized spacial score (nSPS) is 14.7. The van der Waals surface area contributed by atoms with Gasteiger partial charge in [-0.05, 0) is 191 Å². The lowest BCUT2D eigenvalue weighted by Crippen LogP contribution is -2.16. The van der Waals surface area contributed by atoms with Crippen molar-refractivity contribution >= 4 is 58.2 Å². The first kappa shape index (κ1) is 83.9. The minimum atomic E-state index is -4.47. The molecule has 0 radical (unpaired) electrons. The minimum Gasteiger partial charge on any atom is -0.478 e. The van der Waals surface area contributed by atoms with Crippen LogP contribution in [0.4, 0.5) is 24.8 Å². The fraction of sp³-hybridized carbons (Fsp3) is 0.400. The lowest BCUT2D eigenvalue weighted by atomic mass is 10.1. The number of aryl methyl sites for hydroxylation is 3. The molecule has 0 spiro atoms. The number of amides is 1. The van der Waals surface area contributed by atoms with Crippen LogP contribution in [0.3, 0.4) is 0 Å². The number of anilines is 2. The number of carbonyl (C=O) groups excluding carboxylic acids is 3. The molecule has 29 nitrogen and oxygen atoms in total. The predicted molar refractivity (Wildman–Crippen MR) is 408 cm³/mol. The number of nitrogen functional groups attached to an aromatic ring is 1. The molecule has 3 saturated carbocycles. The Labute approximate surface area is 635 Å². The highest BCUT2D eigenvalue weighted by atomic mass is 31.3. The number of nitrogens with two attached hydrogens (primary N) is 1. The molecule has 3 fully saturated rings. The van der Waals surface area contributed by atoms with Crippen LogP contribution in [0.2, 0.25) is 0 Å². The van der Waals surface area contributed by atoms with E-state index in [4.69, 9.17) is 24.0 Å². The van der Waals surface area contributed by atoms with Gasteiger partial charge in [-0.1, -0.05) is 32.9 Å². The van der Waals surface area contributed by atoms with Crippen LogP contribution in [-0.4, -0.2) is 127 Å². The molecule has 110 heavy (non-hydrogen) atoms. The molecule has 5 N–H and O–H groups in total. The Hall–Kier alpha value is -10.1. The van der Waals surface area contributed by atoms with Crippen molar-refractivity contribution in [3.63, 3.8) is 0 Å².